The Bertz CT molecular complexity index is 568. The van der Waals surface area contributed by atoms with Crippen LogP contribution in [0.15, 0.2) is 42.5 Å². The van der Waals surface area contributed by atoms with Crippen LogP contribution in [0.2, 0.25) is 0 Å². The first kappa shape index (κ1) is 13.9. The number of halogens is 2. The molecule has 0 saturated heterocycles. The number of hydrogen-bond donors (Lipinski definition) is 0. The number of alkyl halides is 1. The van der Waals surface area contributed by atoms with Gasteiger partial charge in [-0.15, -0.1) is 11.6 Å². The van der Waals surface area contributed by atoms with E-state index < -0.39 is 5.38 Å². The van der Waals surface area contributed by atoms with Crippen LogP contribution in [0.1, 0.15) is 22.1 Å². The highest BCUT2D eigenvalue weighted by atomic mass is 35.5. The van der Waals surface area contributed by atoms with Gasteiger partial charge in [-0.3, -0.25) is 0 Å². The molecule has 1 atom stereocenters. The Morgan fingerprint density at radius 2 is 1.95 bits per heavy atom. The molecule has 0 aliphatic carbocycles. The maximum atomic E-state index is 13.8. The van der Waals surface area contributed by atoms with E-state index in [0.29, 0.717) is 12.0 Å². The standard InChI is InChI=1S/C16H16ClFO/c1-11-7-8-15(18)13(9-11)14(17)10-12-5-3-4-6-16(12)19-2/h3-9,14H,10H2,1-2H3. The summed E-state index contributed by atoms with van der Waals surface area (Å²) in [5.41, 5.74) is 2.51. The predicted octanol–water partition coefficient (Wildman–Crippen LogP) is 4.67. The predicted molar refractivity (Wildman–Crippen MR) is 76.4 cm³/mol. The zero-order valence-electron chi connectivity index (χ0n) is 11.0. The van der Waals surface area contributed by atoms with Crippen LogP contribution in [0, 0.1) is 12.7 Å². The third kappa shape index (κ3) is 3.27. The zero-order chi connectivity index (χ0) is 13.8. The molecule has 19 heavy (non-hydrogen) atoms. The number of rotatable bonds is 4. The third-order valence-corrected chi connectivity index (χ3v) is 3.47. The van der Waals surface area contributed by atoms with Gasteiger partial charge in [0.25, 0.3) is 0 Å². The van der Waals surface area contributed by atoms with Crippen LogP contribution in [0.25, 0.3) is 0 Å². The molecule has 0 fully saturated rings. The Kier molecular flexibility index (Phi) is 4.43. The van der Waals surface area contributed by atoms with Crippen LogP contribution in [0.3, 0.4) is 0 Å². The molecule has 0 amide bonds. The summed E-state index contributed by atoms with van der Waals surface area (Å²) >= 11 is 6.35. The lowest BCUT2D eigenvalue weighted by Crippen LogP contribution is -2.01. The van der Waals surface area contributed by atoms with Crippen LogP contribution in [-0.4, -0.2) is 7.11 Å². The van der Waals surface area contributed by atoms with Gasteiger partial charge < -0.3 is 4.74 Å². The smallest absolute Gasteiger partial charge is 0.127 e. The van der Waals surface area contributed by atoms with Gasteiger partial charge in [0, 0.05) is 5.56 Å². The molecule has 0 saturated carbocycles. The van der Waals surface area contributed by atoms with Crippen molar-refractivity contribution in [3.63, 3.8) is 0 Å². The van der Waals surface area contributed by atoms with E-state index >= 15 is 0 Å². The van der Waals surface area contributed by atoms with Crippen LogP contribution in [0.4, 0.5) is 4.39 Å². The summed E-state index contributed by atoms with van der Waals surface area (Å²) in [6, 6.07) is 12.6. The molecule has 0 bridgehead atoms. The Labute approximate surface area is 118 Å². The first-order chi connectivity index (χ1) is 9.11. The molecule has 0 radical (unpaired) electrons. The first-order valence-corrected chi connectivity index (χ1v) is 6.57. The molecule has 0 aromatic heterocycles. The van der Waals surface area contributed by atoms with Gasteiger partial charge in [0.15, 0.2) is 0 Å². The highest BCUT2D eigenvalue weighted by molar-refractivity contribution is 6.21. The van der Waals surface area contributed by atoms with Crippen molar-refractivity contribution in [2.24, 2.45) is 0 Å². The van der Waals surface area contributed by atoms with Gasteiger partial charge in [0.05, 0.1) is 12.5 Å². The molecule has 0 N–H and O–H groups in total. The lowest BCUT2D eigenvalue weighted by molar-refractivity contribution is 0.409. The molecule has 0 heterocycles. The van der Waals surface area contributed by atoms with Crippen molar-refractivity contribution in [1.82, 2.24) is 0 Å². The van der Waals surface area contributed by atoms with E-state index in [9.17, 15) is 4.39 Å². The molecule has 100 valence electrons. The normalized spacial score (nSPS) is 12.2. The van der Waals surface area contributed by atoms with Crippen molar-refractivity contribution in [3.05, 3.63) is 65.0 Å². The largest absolute Gasteiger partial charge is 0.496 e. The van der Waals surface area contributed by atoms with Crippen LogP contribution < -0.4 is 4.74 Å². The molecule has 3 heteroatoms. The van der Waals surface area contributed by atoms with Crippen molar-refractivity contribution < 1.29 is 9.13 Å². The minimum atomic E-state index is -0.406. The second-order valence-corrected chi connectivity index (χ2v) is 5.04. The van der Waals surface area contributed by atoms with E-state index in [1.165, 1.54) is 6.07 Å². The molecular formula is C16H16ClFO. The number of ether oxygens (including phenoxy) is 1. The van der Waals surface area contributed by atoms with Crippen LogP contribution in [0.5, 0.6) is 5.75 Å². The number of hydrogen-bond acceptors (Lipinski definition) is 1. The highest BCUT2D eigenvalue weighted by Crippen LogP contribution is 2.31. The Morgan fingerprint density at radius 1 is 1.21 bits per heavy atom. The summed E-state index contributed by atoms with van der Waals surface area (Å²) in [4.78, 5) is 0. The van der Waals surface area contributed by atoms with E-state index in [2.05, 4.69) is 0 Å². The molecular weight excluding hydrogens is 263 g/mol. The van der Waals surface area contributed by atoms with Crippen molar-refractivity contribution in [2.75, 3.05) is 7.11 Å². The van der Waals surface area contributed by atoms with Gasteiger partial charge in [0.1, 0.15) is 11.6 Å². The Balaban J connectivity index is 2.25. The SMILES string of the molecule is COc1ccccc1CC(Cl)c1cc(C)ccc1F. The summed E-state index contributed by atoms with van der Waals surface area (Å²) < 4.78 is 19.1. The first-order valence-electron chi connectivity index (χ1n) is 6.14. The lowest BCUT2D eigenvalue weighted by Gasteiger charge is -2.14. The fraction of sp³-hybridized carbons (Fsp3) is 0.250. The van der Waals surface area contributed by atoms with Crippen molar-refractivity contribution >= 4 is 11.6 Å². The van der Waals surface area contributed by atoms with Crippen molar-refractivity contribution in [1.29, 1.82) is 0 Å². The van der Waals surface area contributed by atoms with Gasteiger partial charge >= 0.3 is 0 Å². The molecule has 0 aliphatic rings. The van der Waals surface area contributed by atoms with Gasteiger partial charge in [-0.1, -0.05) is 35.9 Å². The number of para-hydroxylation sites is 1. The fourth-order valence-corrected chi connectivity index (χ4v) is 2.41. The average Bonchev–Trinajstić information content (AvgIpc) is 2.42. The van der Waals surface area contributed by atoms with Crippen LogP contribution in [-0.2, 0) is 6.42 Å². The van der Waals surface area contributed by atoms with Crippen molar-refractivity contribution in [2.45, 2.75) is 18.7 Å². The fourth-order valence-electron chi connectivity index (χ4n) is 2.08. The van der Waals surface area contributed by atoms with Gasteiger partial charge in [-0.2, -0.15) is 0 Å². The van der Waals surface area contributed by atoms with E-state index in [4.69, 9.17) is 16.3 Å². The molecule has 0 spiro atoms. The van der Waals surface area contributed by atoms with E-state index in [1.54, 1.807) is 19.2 Å². The molecule has 2 aromatic rings. The number of methoxy groups -OCH3 is 1. The average molecular weight is 279 g/mol. The van der Waals surface area contributed by atoms with E-state index in [0.717, 1.165) is 16.9 Å². The third-order valence-electron chi connectivity index (χ3n) is 3.08. The van der Waals surface area contributed by atoms with Crippen molar-refractivity contribution in [3.8, 4) is 5.75 Å². The quantitative estimate of drug-likeness (QED) is 0.739. The number of benzene rings is 2. The Hall–Kier alpha value is -1.54. The molecule has 1 unspecified atom stereocenters. The lowest BCUT2D eigenvalue weighted by atomic mass is 10.0. The minimum absolute atomic E-state index is 0.263. The minimum Gasteiger partial charge on any atom is -0.496 e. The number of aryl methyl sites for hydroxylation is 1. The second kappa shape index (κ2) is 6.07. The van der Waals surface area contributed by atoms with Gasteiger partial charge in [-0.25, -0.2) is 4.39 Å². The zero-order valence-corrected chi connectivity index (χ0v) is 11.7. The molecule has 0 aliphatic heterocycles. The maximum absolute atomic E-state index is 13.8. The Morgan fingerprint density at radius 3 is 2.68 bits per heavy atom. The maximum Gasteiger partial charge on any atom is 0.127 e. The van der Waals surface area contributed by atoms with Crippen LogP contribution >= 0.6 is 11.6 Å². The second-order valence-electron chi connectivity index (χ2n) is 4.51. The van der Waals surface area contributed by atoms with Gasteiger partial charge in [0.2, 0.25) is 0 Å². The highest BCUT2D eigenvalue weighted by Gasteiger charge is 2.15. The van der Waals surface area contributed by atoms with E-state index in [1.807, 2.05) is 31.2 Å². The molecule has 2 aromatic carbocycles. The topological polar surface area (TPSA) is 9.23 Å². The summed E-state index contributed by atoms with van der Waals surface area (Å²) in [6.45, 7) is 1.93. The molecule has 1 nitrogen and oxygen atoms in total. The monoisotopic (exact) mass is 278 g/mol. The summed E-state index contributed by atoms with van der Waals surface area (Å²) in [7, 11) is 1.62. The molecule has 2 rings (SSSR count). The summed E-state index contributed by atoms with van der Waals surface area (Å²) in [5.74, 6) is 0.515. The van der Waals surface area contributed by atoms with Gasteiger partial charge in [-0.05, 0) is 31.0 Å². The summed E-state index contributed by atoms with van der Waals surface area (Å²) in [5, 5.41) is -0.406. The van der Waals surface area contributed by atoms with E-state index in [-0.39, 0.29) is 5.82 Å². The summed E-state index contributed by atoms with van der Waals surface area (Å²) in [6.07, 6.45) is 0.534.